The monoisotopic (exact) mass is 436 g/mol. The number of benzene rings is 2. The summed E-state index contributed by atoms with van der Waals surface area (Å²) in [7, 11) is 3.17. The van der Waals surface area contributed by atoms with Gasteiger partial charge in [0.15, 0.2) is 0 Å². The average molecular weight is 437 g/mol. The van der Waals surface area contributed by atoms with Crippen LogP contribution in [0.2, 0.25) is 0 Å². The third-order valence-electron chi connectivity index (χ3n) is 5.73. The van der Waals surface area contributed by atoms with Gasteiger partial charge < -0.3 is 19.3 Å². The molecule has 4 rings (SSSR count). The Morgan fingerprint density at radius 3 is 2.69 bits per heavy atom. The predicted octanol–water partition coefficient (Wildman–Crippen LogP) is 3.91. The number of aromatic nitrogens is 2. The number of carbonyl (C=O) groups excluding carboxylic acids is 1. The van der Waals surface area contributed by atoms with Gasteiger partial charge in [-0.15, -0.1) is 0 Å². The number of carbonyl (C=O) groups is 1. The largest absolute Gasteiger partial charge is 0.497 e. The minimum atomic E-state index is -0.0623. The van der Waals surface area contributed by atoms with Crippen molar-refractivity contribution in [3.63, 3.8) is 0 Å². The van der Waals surface area contributed by atoms with E-state index < -0.39 is 0 Å². The molecular formula is C24H28N4O4. The highest BCUT2D eigenvalue weighted by atomic mass is 16.5. The Labute approximate surface area is 187 Å². The third-order valence-corrected chi connectivity index (χ3v) is 5.73. The van der Waals surface area contributed by atoms with Crippen LogP contribution in [0.5, 0.6) is 11.5 Å². The van der Waals surface area contributed by atoms with Crippen molar-refractivity contribution in [3.05, 3.63) is 53.9 Å². The van der Waals surface area contributed by atoms with Gasteiger partial charge in [-0.3, -0.25) is 9.69 Å². The molecule has 0 saturated carbocycles. The number of methoxy groups -OCH3 is 2. The van der Waals surface area contributed by atoms with Crippen molar-refractivity contribution >= 4 is 11.6 Å². The van der Waals surface area contributed by atoms with E-state index in [1.54, 1.807) is 32.4 Å². The van der Waals surface area contributed by atoms with Gasteiger partial charge in [0.1, 0.15) is 11.5 Å². The molecule has 168 valence electrons. The van der Waals surface area contributed by atoms with Crippen molar-refractivity contribution in [1.29, 1.82) is 0 Å². The van der Waals surface area contributed by atoms with Gasteiger partial charge in [0.25, 0.3) is 0 Å². The van der Waals surface area contributed by atoms with Crippen molar-refractivity contribution < 1.29 is 18.8 Å². The number of ether oxygens (including phenoxy) is 2. The molecular weight excluding hydrogens is 408 g/mol. The summed E-state index contributed by atoms with van der Waals surface area (Å²) in [4.78, 5) is 19.6. The summed E-state index contributed by atoms with van der Waals surface area (Å²) in [6.07, 6.45) is 1.52. The van der Waals surface area contributed by atoms with Crippen LogP contribution in [0.1, 0.15) is 24.3 Å². The van der Waals surface area contributed by atoms with Crippen molar-refractivity contribution in [2.24, 2.45) is 5.92 Å². The molecule has 1 aliphatic heterocycles. The third kappa shape index (κ3) is 5.08. The topological polar surface area (TPSA) is 89.7 Å². The van der Waals surface area contributed by atoms with Crippen LogP contribution in [0.15, 0.2) is 47.0 Å². The maximum Gasteiger partial charge on any atom is 0.241 e. The zero-order valence-corrected chi connectivity index (χ0v) is 18.6. The van der Waals surface area contributed by atoms with E-state index >= 15 is 0 Å². The van der Waals surface area contributed by atoms with Crippen LogP contribution in [-0.2, 0) is 11.3 Å². The molecule has 32 heavy (non-hydrogen) atoms. The second-order valence-electron chi connectivity index (χ2n) is 7.99. The number of hydrogen-bond donors (Lipinski definition) is 1. The quantitative estimate of drug-likeness (QED) is 0.600. The molecule has 0 radical (unpaired) electrons. The zero-order chi connectivity index (χ0) is 22.5. The lowest BCUT2D eigenvalue weighted by atomic mass is 9.95. The molecule has 0 unspecified atom stereocenters. The van der Waals surface area contributed by atoms with Gasteiger partial charge in [0.05, 0.1) is 26.5 Å². The van der Waals surface area contributed by atoms with E-state index in [1.807, 2.05) is 31.2 Å². The Morgan fingerprint density at radius 1 is 1.16 bits per heavy atom. The molecule has 0 atom stereocenters. The summed E-state index contributed by atoms with van der Waals surface area (Å²) in [5, 5.41) is 7.11. The molecule has 1 amide bonds. The highest BCUT2D eigenvalue weighted by molar-refractivity contribution is 5.94. The van der Waals surface area contributed by atoms with E-state index in [1.165, 1.54) is 0 Å². The summed E-state index contributed by atoms with van der Waals surface area (Å²) >= 11 is 0. The molecule has 1 N–H and O–H groups in total. The number of anilines is 1. The Hall–Kier alpha value is -3.39. The molecule has 0 bridgehead atoms. The lowest BCUT2D eigenvalue weighted by Crippen LogP contribution is -2.37. The molecule has 1 aliphatic rings. The van der Waals surface area contributed by atoms with Crippen molar-refractivity contribution in [1.82, 2.24) is 15.0 Å². The molecule has 3 aromatic rings. The summed E-state index contributed by atoms with van der Waals surface area (Å²) in [6.45, 7) is 4.19. The van der Waals surface area contributed by atoms with E-state index in [0.29, 0.717) is 35.4 Å². The van der Waals surface area contributed by atoms with Crippen molar-refractivity contribution in [3.8, 4) is 22.9 Å². The van der Waals surface area contributed by atoms with Crippen LogP contribution >= 0.6 is 0 Å². The first-order valence-corrected chi connectivity index (χ1v) is 10.7. The van der Waals surface area contributed by atoms with E-state index in [0.717, 1.165) is 37.1 Å². The first-order chi connectivity index (χ1) is 15.6. The van der Waals surface area contributed by atoms with Crippen LogP contribution in [0.25, 0.3) is 11.4 Å². The Kier molecular flexibility index (Phi) is 6.70. The van der Waals surface area contributed by atoms with Crippen LogP contribution in [-0.4, -0.2) is 48.3 Å². The predicted molar refractivity (Wildman–Crippen MR) is 121 cm³/mol. The number of nitrogens with one attached hydrogen (secondary N) is 1. The molecule has 1 saturated heterocycles. The minimum absolute atomic E-state index is 0.00396. The number of amides is 1. The second kappa shape index (κ2) is 9.82. The van der Waals surface area contributed by atoms with E-state index in [2.05, 4.69) is 20.4 Å². The zero-order valence-electron chi connectivity index (χ0n) is 18.6. The molecule has 8 heteroatoms. The van der Waals surface area contributed by atoms with Gasteiger partial charge in [-0.05, 0) is 51.1 Å². The SMILES string of the molecule is COc1ccc(OC)c(NC(=O)C2CCN(Cc3nc(-c4cccc(C)c4)no3)CC2)c1. The molecule has 0 spiro atoms. The van der Waals surface area contributed by atoms with Crippen molar-refractivity contribution in [2.45, 2.75) is 26.3 Å². The second-order valence-corrected chi connectivity index (χ2v) is 7.99. The normalized spacial score (nSPS) is 14.8. The molecule has 8 nitrogen and oxygen atoms in total. The highest BCUT2D eigenvalue weighted by Gasteiger charge is 2.26. The minimum Gasteiger partial charge on any atom is -0.497 e. The fourth-order valence-electron chi connectivity index (χ4n) is 3.91. The van der Waals surface area contributed by atoms with Crippen LogP contribution in [0.4, 0.5) is 5.69 Å². The maximum absolute atomic E-state index is 12.8. The van der Waals surface area contributed by atoms with E-state index in [9.17, 15) is 4.79 Å². The summed E-state index contributed by atoms with van der Waals surface area (Å²) in [6, 6.07) is 13.4. The number of rotatable bonds is 7. The number of hydrogen-bond acceptors (Lipinski definition) is 7. The molecule has 2 aromatic carbocycles. The van der Waals surface area contributed by atoms with Gasteiger partial charge >= 0.3 is 0 Å². The Morgan fingerprint density at radius 2 is 1.97 bits per heavy atom. The Bertz CT molecular complexity index is 1070. The summed E-state index contributed by atoms with van der Waals surface area (Å²) in [5.74, 6) is 2.40. The molecule has 2 heterocycles. The smallest absolute Gasteiger partial charge is 0.241 e. The van der Waals surface area contributed by atoms with Crippen LogP contribution < -0.4 is 14.8 Å². The number of nitrogens with zero attached hydrogens (tertiary/aromatic N) is 3. The number of piperidine rings is 1. The lowest BCUT2D eigenvalue weighted by Gasteiger charge is -2.30. The molecule has 1 fully saturated rings. The standard InChI is InChI=1S/C24H28N4O4/c1-16-5-4-6-18(13-16)23-26-22(32-27-23)15-28-11-9-17(10-12-28)24(29)25-20-14-19(30-2)7-8-21(20)31-3/h4-8,13-14,17H,9-12,15H2,1-3H3,(H,25,29). The number of aryl methyl sites for hydroxylation is 1. The van der Waals surface area contributed by atoms with Crippen LogP contribution in [0.3, 0.4) is 0 Å². The fourth-order valence-corrected chi connectivity index (χ4v) is 3.91. The summed E-state index contributed by atoms with van der Waals surface area (Å²) < 4.78 is 16.1. The maximum atomic E-state index is 12.8. The fraction of sp³-hybridized carbons (Fsp3) is 0.375. The first kappa shape index (κ1) is 21.8. The molecule has 0 aliphatic carbocycles. The van der Waals surface area contributed by atoms with Gasteiger partial charge in [-0.25, -0.2) is 0 Å². The number of likely N-dealkylation sites (tertiary alicyclic amines) is 1. The van der Waals surface area contributed by atoms with E-state index in [4.69, 9.17) is 14.0 Å². The lowest BCUT2D eigenvalue weighted by molar-refractivity contribution is -0.121. The van der Waals surface area contributed by atoms with Crippen molar-refractivity contribution in [2.75, 3.05) is 32.6 Å². The van der Waals surface area contributed by atoms with Crippen LogP contribution in [0, 0.1) is 12.8 Å². The van der Waals surface area contributed by atoms with E-state index in [-0.39, 0.29) is 11.8 Å². The highest BCUT2D eigenvalue weighted by Crippen LogP contribution is 2.30. The molecule has 1 aromatic heterocycles. The first-order valence-electron chi connectivity index (χ1n) is 10.7. The van der Waals surface area contributed by atoms with Gasteiger partial charge in [-0.1, -0.05) is 28.9 Å². The van der Waals surface area contributed by atoms with Gasteiger partial charge in [0.2, 0.25) is 17.6 Å². The Balaban J connectivity index is 1.31. The van der Waals surface area contributed by atoms with Gasteiger partial charge in [0, 0.05) is 17.5 Å². The average Bonchev–Trinajstić information content (AvgIpc) is 3.28. The van der Waals surface area contributed by atoms with Gasteiger partial charge in [-0.2, -0.15) is 4.98 Å². The summed E-state index contributed by atoms with van der Waals surface area (Å²) in [5.41, 5.74) is 2.72.